The number of nitrogens with one attached hydrogen (secondary N) is 3. The molecule has 3 rings (SSSR count). The third kappa shape index (κ3) is 4.58. The SMILES string of the molecule is CN(C)c1cccnc1NC(=S)NC(=N)c1nccc2c1CN(C(=O)O)C2C(C)(C)C. The number of hydrogen-bond donors (Lipinski definition) is 4. The highest BCUT2D eigenvalue weighted by molar-refractivity contribution is 7.80. The first-order valence-corrected chi connectivity index (χ1v) is 10.2. The van der Waals surface area contributed by atoms with Crippen LogP contribution in [0.3, 0.4) is 0 Å². The van der Waals surface area contributed by atoms with Crippen molar-refractivity contribution in [1.82, 2.24) is 20.2 Å². The Balaban J connectivity index is 1.84. The summed E-state index contributed by atoms with van der Waals surface area (Å²) in [6.07, 6.45) is 2.26. The highest BCUT2D eigenvalue weighted by Gasteiger charge is 2.42. The van der Waals surface area contributed by atoms with Gasteiger partial charge in [0.15, 0.2) is 16.8 Å². The fourth-order valence-corrected chi connectivity index (χ4v) is 4.05. The van der Waals surface area contributed by atoms with Gasteiger partial charge >= 0.3 is 6.09 Å². The van der Waals surface area contributed by atoms with E-state index < -0.39 is 6.09 Å². The zero-order valence-electron chi connectivity index (χ0n) is 18.2. The molecule has 31 heavy (non-hydrogen) atoms. The fourth-order valence-electron chi connectivity index (χ4n) is 3.85. The summed E-state index contributed by atoms with van der Waals surface area (Å²) >= 11 is 5.38. The van der Waals surface area contributed by atoms with E-state index in [1.807, 2.05) is 58.0 Å². The van der Waals surface area contributed by atoms with Crippen molar-refractivity contribution < 1.29 is 9.90 Å². The molecule has 1 atom stereocenters. The number of nitrogens with zero attached hydrogens (tertiary/aromatic N) is 4. The molecule has 9 nitrogen and oxygen atoms in total. The Morgan fingerprint density at radius 2 is 2.00 bits per heavy atom. The summed E-state index contributed by atoms with van der Waals surface area (Å²) in [5, 5.41) is 24.3. The number of amides is 1. The zero-order chi connectivity index (χ0) is 22.9. The number of fused-ring (bicyclic) bond motifs is 1. The molecule has 0 radical (unpaired) electrons. The van der Waals surface area contributed by atoms with Crippen molar-refractivity contribution >= 4 is 40.8 Å². The predicted octanol–water partition coefficient (Wildman–Crippen LogP) is 3.44. The molecule has 2 aromatic rings. The second-order valence-corrected chi connectivity index (χ2v) is 9.03. The van der Waals surface area contributed by atoms with Gasteiger partial charge in [-0.25, -0.2) is 9.78 Å². The molecular formula is C21H27N7O2S. The Morgan fingerprint density at radius 1 is 1.29 bits per heavy atom. The van der Waals surface area contributed by atoms with Crippen molar-refractivity contribution in [2.24, 2.45) is 5.41 Å². The fraction of sp³-hybridized carbons (Fsp3) is 0.381. The molecule has 4 N–H and O–H groups in total. The smallest absolute Gasteiger partial charge is 0.408 e. The van der Waals surface area contributed by atoms with Gasteiger partial charge in [-0.15, -0.1) is 0 Å². The molecule has 0 aliphatic carbocycles. The van der Waals surface area contributed by atoms with E-state index in [0.717, 1.165) is 16.8 Å². The van der Waals surface area contributed by atoms with Gasteiger partial charge in [0.25, 0.3) is 0 Å². The molecule has 1 amide bonds. The average Bonchev–Trinajstić information content (AvgIpc) is 3.08. The van der Waals surface area contributed by atoms with Gasteiger partial charge in [-0.3, -0.25) is 15.3 Å². The molecule has 1 aliphatic heterocycles. The van der Waals surface area contributed by atoms with Crippen LogP contribution in [0.2, 0.25) is 0 Å². The summed E-state index contributed by atoms with van der Waals surface area (Å²) in [6, 6.07) is 5.24. The lowest BCUT2D eigenvalue weighted by atomic mass is 9.82. The van der Waals surface area contributed by atoms with Gasteiger partial charge in [-0.1, -0.05) is 20.8 Å². The second kappa shape index (κ2) is 8.46. The Bertz CT molecular complexity index is 1030. The van der Waals surface area contributed by atoms with E-state index >= 15 is 0 Å². The lowest BCUT2D eigenvalue weighted by Gasteiger charge is -2.33. The molecule has 0 bridgehead atoms. The van der Waals surface area contributed by atoms with Crippen molar-refractivity contribution in [3.05, 3.63) is 47.4 Å². The van der Waals surface area contributed by atoms with Crippen molar-refractivity contribution in [2.45, 2.75) is 33.4 Å². The van der Waals surface area contributed by atoms with E-state index in [-0.39, 0.29) is 28.9 Å². The number of carboxylic acid groups (broad SMARTS) is 1. The van der Waals surface area contributed by atoms with Crippen LogP contribution in [0.25, 0.3) is 0 Å². The normalized spacial score (nSPS) is 15.3. The minimum absolute atomic E-state index is 0.00316. The minimum Gasteiger partial charge on any atom is -0.465 e. The number of carbonyl (C=O) groups is 1. The van der Waals surface area contributed by atoms with Crippen molar-refractivity contribution in [3.8, 4) is 0 Å². The molecule has 10 heteroatoms. The number of rotatable bonds is 3. The first-order chi connectivity index (χ1) is 14.5. The topological polar surface area (TPSA) is 117 Å². The maximum Gasteiger partial charge on any atom is 0.408 e. The largest absolute Gasteiger partial charge is 0.465 e. The number of pyridine rings is 2. The van der Waals surface area contributed by atoms with E-state index in [1.54, 1.807) is 12.4 Å². The highest BCUT2D eigenvalue weighted by Crippen LogP contribution is 2.45. The van der Waals surface area contributed by atoms with Gasteiger partial charge in [0.1, 0.15) is 5.69 Å². The van der Waals surface area contributed by atoms with Crippen LogP contribution in [0.4, 0.5) is 16.3 Å². The van der Waals surface area contributed by atoms with E-state index in [2.05, 4.69) is 20.6 Å². The third-order valence-electron chi connectivity index (χ3n) is 5.07. The van der Waals surface area contributed by atoms with E-state index in [4.69, 9.17) is 17.6 Å². The summed E-state index contributed by atoms with van der Waals surface area (Å²) in [5.41, 5.74) is 2.51. The molecule has 0 aromatic carbocycles. The summed E-state index contributed by atoms with van der Waals surface area (Å²) in [5.74, 6) is 0.561. The number of hydrogen-bond acceptors (Lipinski definition) is 6. The standard InChI is InChI=1S/C21H27N7O2S/c1-21(2,3)16-12-8-10-23-15(13(12)11-28(16)20(29)30)17(22)25-19(31)26-18-14(27(4)5)7-6-9-24-18/h6-10,16H,11H2,1-5H3,(H,29,30)(H3,22,24,25,26,31). The van der Waals surface area contributed by atoms with E-state index in [1.165, 1.54) is 4.90 Å². The van der Waals surface area contributed by atoms with E-state index in [9.17, 15) is 9.90 Å². The molecule has 0 spiro atoms. The summed E-state index contributed by atoms with van der Waals surface area (Å²) in [6.45, 7) is 6.17. The average molecular weight is 442 g/mol. The van der Waals surface area contributed by atoms with Gasteiger partial charge in [0, 0.05) is 32.1 Å². The highest BCUT2D eigenvalue weighted by atomic mass is 32.1. The summed E-state index contributed by atoms with van der Waals surface area (Å²) < 4.78 is 0. The van der Waals surface area contributed by atoms with Gasteiger partial charge in [0.05, 0.1) is 18.3 Å². The lowest BCUT2D eigenvalue weighted by Crippen LogP contribution is -2.36. The molecule has 1 unspecified atom stereocenters. The van der Waals surface area contributed by atoms with Crippen LogP contribution in [0.1, 0.15) is 43.6 Å². The molecule has 2 aromatic heterocycles. The van der Waals surface area contributed by atoms with Crippen LogP contribution in [-0.4, -0.2) is 51.1 Å². The van der Waals surface area contributed by atoms with Gasteiger partial charge < -0.3 is 20.6 Å². The number of amidine groups is 1. The van der Waals surface area contributed by atoms with Gasteiger partial charge in [-0.05, 0) is 41.4 Å². The van der Waals surface area contributed by atoms with Crippen LogP contribution < -0.4 is 15.5 Å². The Morgan fingerprint density at radius 3 is 2.61 bits per heavy atom. The molecule has 164 valence electrons. The zero-order valence-corrected chi connectivity index (χ0v) is 19.0. The number of thiocarbonyl (C=S) groups is 1. The molecule has 1 aliphatic rings. The number of aromatic nitrogens is 2. The van der Waals surface area contributed by atoms with Crippen LogP contribution in [-0.2, 0) is 6.54 Å². The van der Waals surface area contributed by atoms with Crippen LogP contribution in [0, 0.1) is 10.8 Å². The van der Waals surface area contributed by atoms with E-state index in [0.29, 0.717) is 11.5 Å². The third-order valence-corrected chi connectivity index (χ3v) is 5.27. The maximum atomic E-state index is 11.9. The molecule has 0 fully saturated rings. The quantitative estimate of drug-likeness (QED) is 0.325. The molecule has 0 saturated heterocycles. The Kier molecular flexibility index (Phi) is 6.12. The van der Waals surface area contributed by atoms with Gasteiger partial charge in [0.2, 0.25) is 0 Å². The molecule has 3 heterocycles. The monoisotopic (exact) mass is 441 g/mol. The summed E-state index contributed by atoms with van der Waals surface area (Å²) in [7, 11) is 3.80. The number of anilines is 2. The van der Waals surface area contributed by atoms with Crippen LogP contribution in [0.15, 0.2) is 30.6 Å². The summed E-state index contributed by atoms with van der Waals surface area (Å²) in [4.78, 5) is 23.8. The minimum atomic E-state index is -0.995. The first-order valence-electron chi connectivity index (χ1n) is 9.77. The second-order valence-electron chi connectivity index (χ2n) is 8.63. The van der Waals surface area contributed by atoms with Crippen molar-refractivity contribution in [3.63, 3.8) is 0 Å². The van der Waals surface area contributed by atoms with Crippen molar-refractivity contribution in [1.29, 1.82) is 5.41 Å². The van der Waals surface area contributed by atoms with Crippen molar-refractivity contribution in [2.75, 3.05) is 24.3 Å². The van der Waals surface area contributed by atoms with Gasteiger partial charge in [-0.2, -0.15) is 0 Å². The Labute approximate surface area is 187 Å². The van der Waals surface area contributed by atoms with Crippen LogP contribution in [0.5, 0.6) is 0 Å². The predicted molar refractivity (Wildman–Crippen MR) is 125 cm³/mol. The van der Waals surface area contributed by atoms with Crippen LogP contribution >= 0.6 is 12.2 Å². The molecule has 0 saturated carbocycles. The first kappa shape index (κ1) is 22.4. The lowest BCUT2D eigenvalue weighted by molar-refractivity contribution is 0.0900. The maximum absolute atomic E-state index is 11.9. The Hall–Kier alpha value is -3.27. The molecular weight excluding hydrogens is 414 g/mol.